The number of carbonyl (C=O) groups is 2. The fraction of sp³-hybridized carbons (Fsp3) is 0.143. The molecule has 1 heterocycles. The van der Waals surface area contributed by atoms with Crippen LogP contribution in [0.15, 0.2) is 67.0 Å². The van der Waals surface area contributed by atoms with Crippen LogP contribution in [0.2, 0.25) is 0 Å². The zero-order valence-corrected chi connectivity index (χ0v) is 16.3. The van der Waals surface area contributed by atoms with Crippen molar-refractivity contribution in [3.8, 4) is 5.75 Å². The Balaban J connectivity index is 2.02. The van der Waals surface area contributed by atoms with Crippen molar-refractivity contribution in [2.45, 2.75) is 6.04 Å². The molecule has 9 heteroatoms. The van der Waals surface area contributed by atoms with Crippen molar-refractivity contribution >= 4 is 18.0 Å². The highest BCUT2D eigenvalue weighted by atomic mass is 19.3. The summed E-state index contributed by atoms with van der Waals surface area (Å²) in [6, 6.07) is 14.3. The van der Waals surface area contributed by atoms with Crippen molar-refractivity contribution in [3.63, 3.8) is 0 Å². The van der Waals surface area contributed by atoms with Crippen molar-refractivity contribution < 1.29 is 23.8 Å². The highest BCUT2D eigenvalue weighted by Gasteiger charge is 2.22. The van der Waals surface area contributed by atoms with E-state index < -0.39 is 18.1 Å². The highest BCUT2D eigenvalue weighted by molar-refractivity contribution is 5.88. The number of aromatic nitrogens is 2. The molecule has 1 N–H and O–H groups in total. The molecule has 8 nitrogen and oxygen atoms in total. The summed E-state index contributed by atoms with van der Waals surface area (Å²) >= 11 is 0. The molecular weight excluding hydrogens is 391 g/mol. The summed E-state index contributed by atoms with van der Waals surface area (Å²) in [6.07, 6.45) is 2.65. The maximum atomic E-state index is 12.2. The first-order chi connectivity index (χ1) is 14.5. The zero-order chi connectivity index (χ0) is 21.5. The smallest absolute Gasteiger partial charge is 0.410 e. The lowest BCUT2D eigenvalue weighted by Gasteiger charge is -2.22. The monoisotopic (exact) mass is 410 g/mol. The van der Waals surface area contributed by atoms with E-state index in [4.69, 9.17) is 4.74 Å². The standard InChI is InChI=1S/C21H19FN4O4/c1-26(2)21(28)29-17-7-4-3-6-16(17)18(25-20-23-12-5-13-24-20)14-8-10-15(11-9-14)19(27)30-22/h3-13,18H,1-2H3,(H,23,24,25). The molecule has 0 aliphatic rings. The summed E-state index contributed by atoms with van der Waals surface area (Å²) in [5.41, 5.74) is 1.40. The first kappa shape index (κ1) is 20.7. The van der Waals surface area contributed by atoms with Crippen LogP contribution in [0.1, 0.15) is 27.5 Å². The quantitative estimate of drug-likeness (QED) is 0.661. The summed E-state index contributed by atoms with van der Waals surface area (Å²) in [4.78, 5) is 36.5. The van der Waals surface area contributed by atoms with Crippen LogP contribution in [-0.2, 0) is 4.94 Å². The summed E-state index contributed by atoms with van der Waals surface area (Å²) in [5.74, 6) is -0.391. The maximum Gasteiger partial charge on any atom is 0.414 e. The van der Waals surface area contributed by atoms with E-state index in [2.05, 4.69) is 20.2 Å². The Kier molecular flexibility index (Phi) is 6.53. The van der Waals surface area contributed by atoms with Gasteiger partial charge in [-0.2, -0.15) is 0 Å². The van der Waals surface area contributed by atoms with E-state index >= 15 is 0 Å². The van der Waals surface area contributed by atoms with Crippen molar-refractivity contribution in [2.24, 2.45) is 0 Å². The zero-order valence-electron chi connectivity index (χ0n) is 16.3. The SMILES string of the molecule is CN(C)C(=O)Oc1ccccc1C(Nc1ncccn1)c1ccc(C(=O)OF)cc1. The average Bonchev–Trinajstić information content (AvgIpc) is 2.78. The van der Waals surface area contributed by atoms with Crippen LogP contribution in [0.25, 0.3) is 0 Å². The average molecular weight is 410 g/mol. The van der Waals surface area contributed by atoms with E-state index in [1.807, 2.05) is 0 Å². The number of benzene rings is 2. The van der Waals surface area contributed by atoms with Crippen molar-refractivity contribution in [3.05, 3.63) is 83.7 Å². The number of para-hydroxylation sites is 1. The van der Waals surface area contributed by atoms with E-state index in [-0.39, 0.29) is 5.56 Å². The van der Waals surface area contributed by atoms with Gasteiger partial charge >= 0.3 is 12.1 Å². The fourth-order valence-electron chi connectivity index (χ4n) is 2.70. The molecule has 0 fully saturated rings. The second-order valence-corrected chi connectivity index (χ2v) is 6.44. The number of hydrogen-bond donors (Lipinski definition) is 1. The minimum absolute atomic E-state index is 0.0586. The molecular formula is C21H19FN4O4. The molecule has 0 radical (unpaired) electrons. The third-order valence-electron chi connectivity index (χ3n) is 4.18. The molecule has 1 aromatic heterocycles. The molecule has 154 valence electrons. The first-order valence-corrected chi connectivity index (χ1v) is 8.94. The van der Waals surface area contributed by atoms with Crippen molar-refractivity contribution in [2.75, 3.05) is 19.4 Å². The number of ether oxygens (including phenoxy) is 1. The topological polar surface area (TPSA) is 93.6 Å². The van der Waals surface area contributed by atoms with Crippen LogP contribution in [0.3, 0.4) is 0 Å². The lowest BCUT2D eigenvalue weighted by molar-refractivity contribution is -0.0788. The molecule has 1 atom stereocenters. The molecule has 30 heavy (non-hydrogen) atoms. The minimum atomic E-state index is -1.09. The van der Waals surface area contributed by atoms with E-state index in [0.717, 1.165) is 0 Å². The van der Waals surface area contributed by atoms with Gasteiger partial charge in [0.05, 0.1) is 11.6 Å². The molecule has 1 unspecified atom stereocenters. The molecule has 3 aromatic rings. The largest absolute Gasteiger partial charge is 0.414 e. The second kappa shape index (κ2) is 9.46. The molecule has 0 saturated heterocycles. The van der Waals surface area contributed by atoms with E-state index in [0.29, 0.717) is 22.8 Å². The van der Waals surface area contributed by atoms with E-state index in [1.165, 1.54) is 17.0 Å². The van der Waals surface area contributed by atoms with Gasteiger partial charge in [-0.1, -0.05) is 30.3 Å². The molecule has 0 aliphatic heterocycles. The van der Waals surface area contributed by atoms with Gasteiger partial charge in [0.1, 0.15) is 5.75 Å². The van der Waals surface area contributed by atoms with Crippen LogP contribution in [0, 0.1) is 0 Å². The van der Waals surface area contributed by atoms with Gasteiger partial charge in [-0.05, 0) is 29.8 Å². The van der Waals surface area contributed by atoms with Crippen LogP contribution >= 0.6 is 0 Å². The summed E-state index contributed by atoms with van der Waals surface area (Å²) in [6.45, 7) is 0. The highest BCUT2D eigenvalue weighted by Crippen LogP contribution is 2.32. The van der Waals surface area contributed by atoms with Crippen LogP contribution in [-0.4, -0.2) is 41.0 Å². The van der Waals surface area contributed by atoms with Crippen LogP contribution in [0.5, 0.6) is 5.75 Å². The maximum absolute atomic E-state index is 12.2. The van der Waals surface area contributed by atoms with Crippen LogP contribution in [0.4, 0.5) is 15.3 Å². The number of rotatable bonds is 6. The number of nitrogens with zero attached hydrogens (tertiary/aromatic N) is 3. The number of carbonyl (C=O) groups excluding carboxylic acids is 2. The summed E-state index contributed by atoms with van der Waals surface area (Å²) in [5, 5.41) is 3.20. The number of hydrogen-bond acceptors (Lipinski definition) is 7. The van der Waals surface area contributed by atoms with Crippen LogP contribution < -0.4 is 10.1 Å². The molecule has 0 aliphatic carbocycles. The number of halogens is 1. The number of amides is 1. The van der Waals surface area contributed by atoms with E-state index in [1.54, 1.807) is 69.0 Å². The third kappa shape index (κ3) is 4.88. The number of nitrogens with one attached hydrogen (secondary N) is 1. The van der Waals surface area contributed by atoms with Gasteiger partial charge in [-0.15, -0.1) is 0 Å². The Bertz CT molecular complexity index is 1010. The Morgan fingerprint density at radius 2 is 1.67 bits per heavy atom. The van der Waals surface area contributed by atoms with Crippen molar-refractivity contribution in [1.82, 2.24) is 14.9 Å². The molecule has 0 saturated carbocycles. The number of anilines is 1. The Labute approximate surface area is 172 Å². The first-order valence-electron chi connectivity index (χ1n) is 8.94. The van der Waals surface area contributed by atoms with Gasteiger partial charge < -0.3 is 15.0 Å². The Hall–Kier alpha value is -4.01. The molecule has 1 amide bonds. The molecule has 0 bridgehead atoms. The fourth-order valence-corrected chi connectivity index (χ4v) is 2.70. The Morgan fingerprint density at radius 3 is 2.30 bits per heavy atom. The van der Waals surface area contributed by atoms with Gasteiger partial charge in [0.2, 0.25) is 5.95 Å². The van der Waals surface area contributed by atoms with Gasteiger partial charge in [0, 0.05) is 36.6 Å². The molecule has 0 spiro atoms. The lowest BCUT2D eigenvalue weighted by atomic mass is 9.97. The van der Waals surface area contributed by atoms with Gasteiger partial charge in [-0.3, -0.25) is 0 Å². The van der Waals surface area contributed by atoms with E-state index in [9.17, 15) is 14.1 Å². The summed E-state index contributed by atoms with van der Waals surface area (Å²) in [7, 11) is 3.17. The van der Waals surface area contributed by atoms with Crippen molar-refractivity contribution in [1.29, 1.82) is 0 Å². The third-order valence-corrected chi connectivity index (χ3v) is 4.18. The molecule has 3 rings (SSSR count). The predicted octanol–water partition coefficient (Wildman–Crippen LogP) is 3.78. The van der Waals surface area contributed by atoms with Gasteiger partial charge in [0.25, 0.3) is 0 Å². The summed E-state index contributed by atoms with van der Waals surface area (Å²) < 4.78 is 17.7. The van der Waals surface area contributed by atoms with Gasteiger partial charge in [0.15, 0.2) is 0 Å². The lowest BCUT2D eigenvalue weighted by Crippen LogP contribution is -2.26. The van der Waals surface area contributed by atoms with Gasteiger partial charge in [-0.25, -0.2) is 24.5 Å². The second-order valence-electron chi connectivity index (χ2n) is 6.44. The molecule has 2 aromatic carbocycles. The minimum Gasteiger partial charge on any atom is -0.410 e. The predicted molar refractivity (Wildman–Crippen MR) is 107 cm³/mol. The Morgan fingerprint density at radius 1 is 1.00 bits per heavy atom. The normalized spacial score (nSPS) is 11.3.